The third-order valence-corrected chi connectivity index (χ3v) is 3.33. The summed E-state index contributed by atoms with van der Waals surface area (Å²) in [5, 5.41) is 0. The second-order valence-electron chi connectivity index (χ2n) is 5.76. The average Bonchev–Trinajstić information content (AvgIpc) is 2.75. The Morgan fingerprint density at radius 1 is 1.00 bits per heavy atom. The first kappa shape index (κ1) is 16.8. The van der Waals surface area contributed by atoms with Crippen LogP contribution in [0.5, 0.6) is 0 Å². The van der Waals surface area contributed by atoms with E-state index in [1.54, 1.807) is 24.4 Å². The van der Waals surface area contributed by atoms with Crippen LogP contribution in [0.2, 0.25) is 0 Å². The molecule has 7 heteroatoms. The lowest BCUT2D eigenvalue weighted by Gasteiger charge is -2.29. The van der Waals surface area contributed by atoms with Crippen molar-refractivity contribution in [3.8, 4) is 0 Å². The van der Waals surface area contributed by atoms with E-state index in [4.69, 9.17) is 9.47 Å². The Bertz CT molecular complexity index is 583. The number of cyclic esters (lactones) is 2. The first-order valence-electron chi connectivity index (χ1n) is 7.30. The Morgan fingerprint density at radius 3 is 2.13 bits per heavy atom. The van der Waals surface area contributed by atoms with Crippen LogP contribution in [0.4, 0.5) is 0 Å². The molecule has 2 aliphatic rings. The SMILES string of the molecule is CN1CCN(C)C1=N/C=C/C=C/C=C1C(=O)OC(C)(C)OC1=O. The van der Waals surface area contributed by atoms with E-state index in [-0.39, 0.29) is 5.57 Å². The topological polar surface area (TPSA) is 71.4 Å². The van der Waals surface area contributed by atoms with Crippen molar-refractivity contribution in [3.05, 3.63) is 36.1 Å². The molecule has 0 aromatic carbocycles. The van der Waals surface area contributed by atoms with Crippen molar-refractivity contribution in [2.45, 2.75) is 19.6 Å². The number of ether oxygens (including phenoxy) is 2. The lowest BCUT2D eigenvalue weighted by molar-refractivity contribution is -0.222. The molecule has 0 saturated carbocycles. The number of carbonyl (C=O) groups is 2. The van der Waals surface area contributed by atoms with E-state index in [0.717, 1.165) is 19.0 Å². The van der Waals surface area contributed by atoms with Gasteiger partial charge in [-0.15, -0.1) is 0 Å². The molecule has 0 aliphatic carbocycles. The van der Waals surface area contributed by atoms with E-state index in [9.17, 15) is 9.59 Å². The second kappa shape index (κ2) is 6.68. The van der Waals surface area contributed by atoms with Crippen molar-refractivity contribution >= 4 is 17.9 Å². The number of nitrogens with zero attached hydrogens (tertiary/aromatic N) is 3. The molecule has 2 heterocycles. The maximum absolute atomic E-state index is 11.7. The van der Waals surface area contributed by atoms with Crippen molar-refractivity contribution < 1.29 is 19.1 Å². The molecular weight excluding hydrogens is 298 g/mol. The Kier molecular flexibility index (Phi) is 4.88. The van der Waals surface area contributed by atoms with Gasteiger partial charge < -0.3 is 19.3 Å². The molecule has 0 atom stereocenters. The molecular formula is C16H21N3O4. The summed E-state index contributed by atoms with van der Waals surface area (Å²) in [6, 6.07) is 0. The predicted molar refractivity (Wildman–Crippen MR) is 85.3 cm³/mol. The molecule has 0 spiro atoms. The number of aliphatic imine (C=N–C) groups is 1. The molecule has 0 N–H and O–H groups in total. The van der Waals surface area contributed by atoms with Crippen LogP contribution in [0.25, 0.3) is 0 Å². The second-order valence-corrected chi connectivity index (χ2v) is 5.76. The number of hydrogen-bond acceptors (Lipinski definition) is 5. The maximum atomic E-state index is 11.7. The lowest BCUT2D eigenvalue weighted by Crippen LogP contribution is -2.41. The molecule has 124 valence electrons. The average molecular weight is 319 g/mol. The Balaban J connectivity index is 1.96. The Morgan fingerprint density at radius 2 is 1.57 bits per heavy atom. The summed E-state index contributed by atoms with van der Waals surface area (Å²) in [5.74, 6) is -1.69. The molecule has 0 amide bonds. The molecule has 23 heavy (non-hydrogen) atoms. The highest BCUT2D eigenvalue weighted by molar-refractivity contribution is 6.15. The van der Waals surface area contributed by atoms with Crippen molar-refractivity contribution in [2.24, 2.45) is 4.99 Å². The van der Waals surface area contributed by atoms with Gasteiger partial charge in [-0.05, 0) is 12.2 Å². The van der Waals surface area contributed by atoms with E-state index < -0.39 is 17.7 Å². The van der Waals surface area contributed by atoms with Crippen LogP contribution in [0.3, 0.4) is 0 Å². The minimum atomic E-state index is -1.22. The van der Waals surface area contributed by atoms with Gasteiger partial charge in [-0.1, -0.05) is 12.2 Å². The van der Waals surface area contributed by atoms with Gasteiger partial charge in [0.2, 0.25) is 5.96 Å². The monoisotopic (exact) mass is 319 g/mol. The number of hydrogen-bond donors (Lipinski definition) is 0. The van der Waals surface area contributed by atoms with Gasteiger partial charge in [0.15, 0.2) is 0 Å². The zero-order valence-electron chi connectivity index (χ0n) is 13.8. The van der Waals surface area contributed by atoms with E-state index >= 15 is 0 Å². The van der Waals surface area contributed by atoms with Crippen LogP contribution in [0.15, 0.2) is 41.1 Å². The maximum Gasteiger partial charge on any atom is 0.348 e. The van der Waals surface area contributed by atoms with E-state index in [2.05, 4.69) is 14.8 Å². The fraction of sp³-hybridized carbons (Fsp3) is 0.438. The zero-order chi connectivity index (χ0) is 17.0. The van der Waals surface area contributed by atoms with Gasteiger partial charge in [0.25, 0.3) is 5.79 Å². The highest BCUT2D eigenvalue weighted by Gasteiger charge is 2.38. The van der Waals surface area contributed by atoms with Crippen molar-refractivity contribution in [1.82, 2.24) is 9.80 Å². The molecule has 7 nitrogen and oxygen atoms in total. The number of guanidine groups is 1. The zero-order valence-corrected chi connectivity index (χ0v) is 13.8. The standard InChI is InChI=1S/C16H21N3O4/c1-16(2)22-13(20)12(14(21)23-16)8-6-5-7-9-17-15-18(3)10-11-19(15)4/h5-9H,10-11H2,1-4H3/b6-5+,9-7+. The number of allylic oxidation sites excluding steroid dienone is 4. The van der Waals surface area contributed by atoms with Gasteiger partial charge in [0.05, 0.1) is 0 Å². The van der Waals surface area contributed by atoms with Gasteiger partial charge >= 0.3 is 11.9 Å². The largest absolute Gasteiger partial charge is 0.419 e. The van der Waals surface area contributed by atoms with Crippen LogP contribution >= 0.6 is 0 Å². The Hall–Kier alpha value is -2.57. The molecule has 0 aromatic heterocycles. The molecule has 0 unspecified atom stereocenters. The van der Waals surface area contributed by atoms with Gasteiger partial charge in [0, 0.05) is 47.2 Å². The summed E-state index contributed by atoms with van der Waals surface area (Å²) >= 11 is 0. The van der Waals surface area contributed by atoms with Crippen LogP contribution in [0.1, 0.15) is 13.8 Å². The molecule has 2 aliphatic heterocycles. The normalized spacial score (nSPS) is 21.2. The predicted octanol–water partition coefficient (Wildman–Crippen LogP) is 1.05. The first-order chi connectivity index (χ1) is 10.8. The van der Waals surface area contributed by atoms with E-state index in [1.165, 1.54) is 19.9 Å². The van der Waals surface area contributed by atoms with Crippen LogP contribution in [-0.4, -0.2) is 60.7 Å². The highest BCUT2D eigenvalue weighted by atomic mass is 16.7. The number of rotatable bonds is 3. The fourth-order valence-corrected chi connectivity index (χ4v) is 2.16. The summed E-state index contributed by atoms with van der Waals surface area (Å²) in [6.07, 6.45) is 7.98. The van der Waals surface area contributed by atoms with Crippen LogP contribution in [0, 0.1) is 0 Å². The number of esters is 2. The first-order valence-corrected chi connectivity index (χ1v) is 7.30. The van der Waals surface area contributed by atoms with Gasteiger partial charge in [-0.3, -0.25) is 0 Å². The van der Waals surface area contributed by atoms with Crippen LogP contribution in [-0.2, 0) is 19.1 Å². The van der Waals surface area contributed by atoms with Crippen molar-refractivity contribution in [1.29, 1.82) is 0 Å². The highest BCUT2D eigenvalue weighted by Crippen LogP contribution is 2.22. The van der Waals surface area contributed by atoms with Crippen molar-refractivity contribution in [3.63, 3.8) is 0 Å². The van der Waals surface area contributed by atoms with Gasteiger partial charge in [-0.2, -0.15) is 0 Å². The molecule has 0 aromatic rings. The fourth-order valence-electron chi connectivity index (χ4n) is 2.16. The minimum Gasteiger partial charge on any atom is -0.419 e. The smallest absolute Gasteiger partial charge is 0.348 e. The molecule has 2 rings (SSSR count). The minimum absolute atomic E-state index is 0.129. The number of carbonyl (C=O) groups excluding carboxylic acids is 2. The van der Waals surface area contributed by atoms with Crippen LogP contribution < -0.4 is 0 Å². The summed E-state index contributed by atoms with van der Waals surface area (Å²) < 4.78 is 9.98. The summed E-state index contributed by atoms with van der Waals surface area (Å²) in [6.45, 7) is 4.92. The van der Waals surface area contributed by atoms with Gasteiger partial charge in [0.1, 0.15) is 5.57 Å². The lowest BCUT2D eigenvalue weighted by atomic mass is 10.2. The molecule has 0 bridgehead atoms. The van der Waals surface area contributed by atoms with E-state index in [0.29, 0.717) is 0 Å². The van der Waals surface area contributed by atoms with Crippen molar-refractivity contribution in [2.75, 3.05) is 27.2 Å². The summed E-state index contributed by atoms with van der Waals surface area (Å²) in [5.41, 5.74) is -0.129. The number of likely N-dealkylation sites (N-methyl/N-ethyl adjacent to an activating group) is 2. The summed E-state index contributed by atoms with van der Waals surface area (Å²) in [4.78, 5) is 31.9. The summed E-state index contributed by atoms with van der Waals surface area (Å²) in [7, 11) is 3.97. The quantitative estimate of drug-likeness (QED) is 0.335. The Labute approximate surface area is 135 Å². The molecule has 0 radical (unpaired) electrons. The third kappa shape index (κ3) is 4.21. The third-order valence-electron chi connectivity index (χ3n) is 3.33. The van der Waals surface area contributed by atoms with Gasteiger partial charge in [-0.25, -0.2) is 14.6 Å². The molecule has 2 saturated heterocycles. The van der Waals surface area contributed by atoms with E-state index in [1.807, 2.05) is 14.1 Å². The molecule has 2 fully saturated rings.